The fourth-order valence-corrected chi connectivity index (χ4v) is 4.34. The molecule has 4 aromatic heterocycles. The summed E-state index contributed by atoms with van der Waals surface area (Å²) in [6.07, 6.45) is 6.71. The molecule has 4 aromatic rings. The molecule has 0 aliphatic rings. The van der Waals surface area contributed by atoms with Crippen LogP contribution in [0.25, 0.3) is 22.8 Å². The zero-order valence-electron chi connectivity index (χ0n) is 21.0. The molecular weight excluding hydrogens is 534 g/mol. The number of carbonyl (C=O) groups is 2. The quantitative estimate of drug-likeness (QED) is 0.209. The van der Waals surface area contributed by atoms with Gasteiger partial charge in [0.1, 0.15) is 0 Å². The highest BCUT2D eigenvalue weighted by atomic mass is 32.2. The zero-order chi connectivity index (χ0) is 27.2. The highest BCUT2D eigenvalue weighted by Crippen LogP contribution is 2.19. The van der Waals surface area contributed by atoms with E-state index in [2.05, 4.69) is 29.9 Å². The molecule has 4 heterocycles. The lowest BCUT2D eigenvalue weighted by molar-refractivity contribution is -0.134. The van der Waals surface area contributed by atoms with Crippen LogP contribution < -0.4 is 0 Å². The van der Waals surface area contributed by atoms with Crippen LogP contribution in [0.4, 0.5) is 0 Å². The number of thioether (sulfide) groups is 2. The summed E-state index contributed by atoms with van der Waals surface area (Å²) >= 11 is 2.44. The van der Waals surface area contributed by atoms with Crippen LogP contribution in [0.1, 0.15) is 21.3 Å². The molecule has 1 N–H and O–H groups in total. The standard InChI is InChI=1S/C15H18N4OS.C11H9N3O2S.CH4/c1-3-19(4-2)14(20)11-21-15-17-10-8-13(18-15)12-7-5-6-9-16-12;15-10(16)7-17-11-13-6-4-9(14-11)8-3-1-2-5-12-8;/h5-10H,3-4,11H2,1-2H3;1-6H,7H2,(H,15,16);1H4. The molecule has 10 nitrogen and oxygen atoms in total. The van der Waals surface area contributed by atoms with Crippen molar-refractivity contribution in [3.63, 3.8) is 0 Å². The Bertz CT molecular complexity index is 1310. The van der Waals surface area contributed by atoms with Gasteiger partial charge < -0.3 is 10.0 Å². The second-order valence-electron chi connectivity index (χ2n) is 7.42. The topological polar surface area (TPSA) is 135 Å². The molecular formula is C27H31N7O3S2. The van der Waals surface area contributed by atoms with E-state index in [1.165, 1.54) is 11.8 Å². The fraction of sp³-hybridized carbons (Fsp3) is 0.259. The van der Waals surface area contributed by atoms with Crippen LogP contribution >= 0.6 is 23.5 Å². The number of amides is 1. The van der Waals surface area contributed by atoms with E-state index in [4.69, 9.17) is 5.11 Å². The third-order valence-corrected chi connectivity index (χ3v) is 6.58. The Balaban J connectivity index is 0.000000272. The Morgan fingerprint density at radius 2 is 1.18 bits per heavy atom. The third-order valence-electron chi connectivity index (χ3n) is 4.89. The van der Waals surface area contributed by atoms with Gasteiger partial charge in [-0.15, -0.1) is 0 Å². The van der Waals surface area contributed by atoms with Gasteiger partial charge in [0.15, 0.2) is 10.3 Å². The number of hydrogen-bond donors (Lipinski definition) is 1. The van der Waals surface area contributed by atoms with Crippen molar-refractivity contribution in [1.82, 2.24) is 34.8 Å². The van der Waals surface area contributed by atoms with E-state index in [9.17, 15) is 9.59 Å². The first-order valence-corrected chi connectivity index (χ1v) is 13.7. The molecule has 0 aromatic carbocycles. The Labute approximate surface area is 236 Å². The van der Waals surface area contributed by atoms with Crippen molar-refractivity contribution in [2.24, 2.45) is 0 Å². The number of aliphatic carboxylic acids is 1. The summed E-state index contributed by atoms with van der Waals surface area (Å²) in [4.78, 5) is 49.5. The summed E-state index contributed by atoms with van der Waals surface area (Å²) in [6, 6.07) is 14.8. The Kier molecular flexibility index (Phi) is 13.5. The molecule has 4 rings (SSSR count). The van der Waals surface area contributed by atoms with E-state index in [-0.39, 0.29) is 19.1 Å². The number of carbonyl (C=O) groups excluding carboxylic acids is 1. The molecule has 39 heavy (non-hydrogen) atoms. The molecule has 1 amide bonds. The van der Waals surface area contributed by atoms with Crippen LogP contribution in [0.2, 0.25) is 0 Å². The molecule has 0 radical (unpaired) electrons. The van der Waals surface area contributed by atoms with Crippen LogP contribution in [0.3, 0.4) is 0 Å². The van der Waals surface area contributed by atoms with E-state index in [0.717, 1.165) is 41.9 Å². The number of nitrogens with zero attached hydrogens (tertiary/aromatic N) is 7. The van der Waals surface area contributed by atoms with Gasteiger partial charge in [-0.25, -0.2) is 19.9 Å². The second kappa shape index (κ2) is 16.8. The smallest absolute Gasteiger partial charge is 0.313 e. The maximum atomic E-state index is 12.0. The molecule has 0 unspecified atom stereocenters. The predicted octanol–water partition coefficient (Wildman–Crippen LogP) is 4.85. The van der Waals surface area contributed by atoms with E-state index >= 15 is 0 Å². The Morgan fingerprint density at radius 3 is 1.59 bits per heavy atom. The fourth-order valence-electron chi connectivity index (χ4n) is 3.05. The van der Waals surface area contributed by atoms with Gasteiger partial charge in [0, 0.05) is 37.9 Å². The maximum Gasteiger partial charge on any atom is 0.313 e. The number of aromatic nitrogens is 6. The van der Waals surface area contributed by atoms with Gasteiger partial charge in [0.2, 0.25) is 5.91 Å². The summed E-state index contributed by atoms with van der Waals surface area (Å²) in [5, 5.41) is 9.61. The summed E-state index contributed by atoms with van der Waals surface area (Å²) in [7, 11) is 0. The number of carboxylic acids is 1. The predicted molar refractivity (Wildman–Crippen MR) is 154 cm³/mol. The molecule has 0 saturated heterocycles. The van der Waals surface area contributed by atoms with Crippen LogP contribution in [-0.4, -0.2) is 76.4 Å². The van der Waals surface area contributed by atoms with Crippen molar-refractivity contribution < 1.29 is 14.7 Å². The van der Waals surface area contributed by atoms with Crippen LogP contribution in [0.15, 0.2) is 83.6 Å². The first-order valence-electron chi connectivity index (χ1n) is 11.7. The van der Waals surface area contributed by atoms with Crippen LogP contribution in [0.5, 0.6) is 0 Å². The van der Waals surface area contributed by atoms with Crippen LogP contribution in [0, 0.1) is 0 Å². The van der Waals surface area contributed by atoms with Gasteiger partial charge in [-0.05, 0) is 50.2 Å². The molecule has 0 atom stereocenters. The Hall–Kier alpha value is -3.90. The SMILES string of the molecule is C.CCN(CC)C(=O)CSc1nccc(-c2ccccn2)n1.O=C(O)CSc1nccc(-c2ccccn2)n1. The first kappa shape index (κ1) is 31.3. The molecule has 0 fully saturated rings. The van der Waals surface area contributed by atoms with Crippen molar-refractivity contribution in [2.75, 3.05) is 24.6 Å². The van der Waals surface area contributed by atoms with Crippen LogP contribution in [-0.2, 0) is 9.59 Å². The zero-order valence-corrected chi connectivity index (χ0v) is 22.6. The minimum absolute atomic E-state index is 0. The van der Waals surface area contributed by atoms with Gasteiger partial charge in [-0.3, -0.25) is 19.6 Å². The highest BCUT2D eigenvalue weighted by molar-refractivity contribution is 8.00. The molecule has 12 heteroatoms. The lowest BCUT2D eigenvalue weighted by Crippen LogP contribution is -2.31. The average Bonchev–Trinajstić information content (AvgIpc) is 2.97. The second-order valence-corrected chi connectivity index (χ2v) is 9.30. The van der Waals surface area contributed by atoms with Crippen molar-refractivity contribution in [1.29, 1.82) is 0 Å². The van der Waals surface area contributed by atoms with E-state index < -0.39 is 5.97 Å². The van der Waals surface area contributed by atoms with E-state index in [1.807, 2.05) is 56.3 Å². The molecule has 0 spiro atoms. The molecule has 0 aliphatic carbocycles. The summed E-state index contributed by atoms with van der Waals surface area (Å²) in [5.41, 5.74) is 3.00. The first-order chi connectivity index (χ1) is 18.5. The minimum atomic E-state index is -0.887. The number of pyridine rings is 2. The number of hydrogen-bond acceptors (Lipinski definition) is 10. The number of rotatable bonds is 10. The van der Waals surface area contributed by atoms with Crippen molar-refractivity contribution >= 4 is 35.4 Å². The highest BCUT2D eigenvalue weighted by Gasteiger charge is 2.11. The molecule has 0 bridgehead atoms. The monoisotopic (exact) mass is 565 g/mol. The third kappa shape index (κ3) is 10.4. The average molecular weight is 566 g/mol. The normalized spacial score (nSPS) is 10.0. The van der Waals surface area contributed by atoms with Gasteiger partial charge in [0.25, 0.3) is 0 Å². The lowest BCUT2D eigenvalue weighted by atomic mass is 10.3. The van der Waals surface area contributed by atoms with Gasteiger partial charge in [0.05, 0.1) is 34.3 Å². The summed E-state index contributed by atoms with van der Waals surface area (Å²) < 4.78 is 0. The van der Waals surface area contributed by atoms with E-state index in [0.29, 0.717) is 21.8 Å². The summed E-state index contributed by atoms with van der Waals surface area (Å²) in [5.74, 6) is -0.474. The Morgan fingerprint density at radius 1 is 0.692 bits per heavy atom. The largest absolute Gasteiger partial charge is 0.481 e. The van der Waals surface area contributed by atoms with Crippen molar-refractivity contribution in [3.05, 3.63) is 73.3 Å². The van der Waals surface area contributed by atoms with Gasteiger partial charge >= 0.3 is 5.97 Å². The minimum Gasteiger partial charge on any atom is -0.481 e. The maximum absolute atomic E-state index is 12.0. The molecule has 0 saturated carbocycles. The van der Waals surface area contributed by atoms with Gasteiger partial charge in [-0.1, -0.05) is 43.1 Å². The van der Waals surface area contributed by atoms with Crippen molar-refractivity contribution in [3.8, 4) is 22.8 Å². The van der Waals surface area contributed by atoms with E-state index in [1.54, 1.807) is 35.8 Å². The number of carboxylic acid groups (broad SMARTS) is 1. The summed E-state index contributed by atoms with van der Waals surface area (Å²) in [6.45, 7) is 5.41. The van der Waals surface area contributed by atoms with Crippen molar-refractivity contribution in [2.45, 2.75) is 31.6 Å². The molecule has 204 valence electrons. The molecule has 0 aliphatic heterocycles. The van der Waals surface area contributed by atoms with Gasteiger partial charge in [-0.2, -0.15) is 0 Å². The lowest BCUT2D eigenvalue weighted by Gasteiger charge is -2.17.